The summed E-state index contributed by atoms with van der Waals surface area (Å²) in [7, 11) is 0. The average Bonchev–Trinajstić information content (AvgIpc) is 3.49. The standard InChI is InChI=1S/C72H127NO8/c1-3-5-7-9-11-13-15-17-19-21-22-23-24-25-26-27-28-29-30-31-32-33-34-35-36-37-38-39-40-41-42-43-44-46-48-50-52-54-56-58-60-62-68(76)73-65(64-80-72-71(79)70(78)69(77)67(63-74)81-72)66(75)61-59-57-55-53-51-49-47-45-20-18-16-14-12-10-8-6-4-2/h5,7,11,13,17,19,22-23,25-26,28-29,31-32,59,61,65-67,69-72,74-75,77-79H,3-4,6,8-10,12,14-16,18,20-21,24,27,30,33-58,60,62-64H2,1-2H3,(H,73,76)/b7-5-,13-11-,19-17-,23-22-,26-25-,29-28-,32-31-,61-59+. The molecule has 9 heteroatoms. The number of unbranched alkanes of at least 4 members (excludes halogenated alkanes) is 34. The molecule has 1 aliphatic rings. The molecule has 6 N–H and O–H groups in total. The van der Waals surface area contributed by atoms with Crippen molar-refractivity contribution in [2.24, 2.45) is 0 Å². The van der Waals surface area contributed by atoms with Gasteiger partial charge in [0.25, 0.3) is 0 Å². The van der Waals surface area contributed by atoms with E-state index in [1.54, 1.807) is 6.08 Å². The Morgan fingerprint density at radius 3 is 1.14 bits per heavy atom. The second kappa shape index (κ2) is 60.2. The molecule has 0 spiro atoms. The van der Waals surface area contributed by atoms with Gasteiger partial charge in [0.1, 0.15) is 24.4 Å². The van der Waals surface area contributed by atoms with E-state index in [0.29, 0.717) is 6.42 Å². The van der Waals surface area contributed by atoms with Crippen molar-refractivity contribution in [3.8, 4) is 0 Å². The van der Waals surface area contributed by atoms with Gasteiger partial charge < -0.3 is 40.3 Å². The zero-order valence-electron chi connectivity index (χ0n) is 52.3. The number of amides is 1. The molecule has 7 atom stereocenters. The third-order valence-corrected chi connectivity index (χ3v) is 15.7. The van der Waals surface area contributed by atoms with Crippen molar-refractivity contribution in [2.45, 2.75) is 339 Å². The largest absolute Gasteiger partial charge is 0.394 e. The molecule has 0 aliphatic carbocycles. The lowest BCUT2D eigenvalue weighted by Gasteiger charge is -2.40. The van der Waals surface area contributed by atoms with Gasteiger partial charge in [0, 0.05) is 6.42 Å². The number of aliphatic hydroxyl groups excluding tert-OH is 5. The van der Waals surface area contributed by atoms with Gasteiger partial charge in [-0.05, 0) is 77.0 Å². The van der Waals surface area contributed by atoms with Crippen LogP contribution in [0.4, 0.5) is 0 Å². The fourth-order valence-corrected chi connectivity index (χ4v) is 10.4. The van der Waals surface area contributed by atoms with Crippen LogP contribution in [-0.4, -0.2) is 87.5 Å². The molecule has 1 fully saturated rings. The van der Waals surface area contributed by atoms with Crippen LogP contribution in [-0.2, 0) is 14.3 Å². The van der Waals surface area contributed by atoms with Gasteiger partial charge in [-0.2, -0.15) is 0 Å². The topological polar surface area (TPSA) is 149 Å². The molecule has 1 heterocycles. The van der Waals surface area contributed by atoms with E-state index in [1.807, 2.05) is 6.08 Å². The van der Waals surface area contributed by atoms with E-state index in [0.717, 1.165) is 83.5 Å². The lowest BCUT2D eigenvalue weighted by atomic mass is 9.99. The van der Waals surface area contributed by atoms with Crippen LogP contribution in [0.2, 0.25) is 0 Å². The van der Waals surface area contributed by atoms with Crippen molar-refractivity contribution in [3.63, 3.8) is 0 Å². The van der Waals surface area contributed by atoms with Crippen molar-refractivity contribution in [3.05, 3.63) is 97.2 Å². The first kappa shape index (κ1) is 76.1. The number of hydrogen-bond acceptors (Lipinski definition) is 8. The first-order chi connectivity index (χ1) is 39.8. The molecular formula is C72H127NO8. The highest BCUT2D eigenvalue weighted by atomic mass is 16.7. The van der Waals surface area contributed by atoms with Crippen LogP contribution in [0.3, 0.4) is 0 Å². The molecule has 468 valence electrons. The Kier molecular flexibility index (Phi) is 56.6. The third kappa shape index (κ3) is 49.1. The smallest absolute Gasteiger partial charge is 0.220 e. The molecule has 1 saturated heterocycles. The van der Waals surface area contributed by atoms with Gasteiger partial charge in [-0.3, -0.25) is 4.79 Å². The van der Waals surface area contributed by atoms with Crippen molar-refractivity contribution in [1.82, 2.24) is 5.32 Å². The first-order valence-corrected chi connectivity index (χ1v) is 34.0. The molecule has 1 aliphatic heterocycles. The fourth-order valence-electron chi connectivity index (χ4n) is 10.4. The number of allylic oxidation sites excluding steroid dienone is 15. The molecule has 0 aromatic carbocycles. The highest BCUT2D eigenvalue weighted by Gasteiger charge is 2.44. The van der Waals surface area contributed by atoms with E-state index in [-0.39, 0.29) is 12.5 Å². The Hall–Kier alpha value is -2.89. The second-order valence-corrected chi connectivity index (χ2v) is 23.2. The van der Waals surface area contributed by atoms with Crippen molar-refractivity contribution >= 4 is 5.91 Å². The molecule has 1 amide bonds. The summed E-state index contributed by atoms with van der Waals surface area (Å²) in [6.07, 6.45) is 80.8. The summed E-state index contributed by atoms with van der Waals surface area (Å²) < 4.78 is 11.3. The number of carbonyl (C=O) groups excluding carboxylic acids is 1. The number of carbonyl (C=O) groups is 1. The highest BCUT2D eigenvalue weighted by Crippen LogP contribution is 2.23. The molecule has 7 unspecified atom stereocenters. The van der Waals surface area contributed by atoms with Crippen molar-refractivity contribution in [2.75, 3.05) is 13.2 Å². The van der Waals surface area contributed by atoms with E-state index in [1.165, 1.54) is 193 Å². The van der Waals surface area contributed by atoms with E-state index in [9.17, 15) is 30.3 Å². The molecule has 0 radical (unpaired) electrons. The molecule has 9 nitrogen and oxygen atoms in total. The molecule has 0 bridgehead atoms. The second-order valence-electron chi connectivity index (χ2n) is 23.2. The van der Waals surface area contributed by atoms with Gasteiger partial charge in [-0.25, -0.2) is 0 Å². The van der Waals surface area contributed by atoms with Crippen LogP contribution in [0.15, 0.2) is 97.2 Å². The van der Waals surface area contributed by atoms with E-state index < -0.39 is 49.5 Å². The summed E-state index contributed by atoms with van der Waals surface area (Å²) in [5.74, 6) is -0.175. The molecule has 1 rings (SSSR count). The van der Waals surface area contributed by atoms with Gasteiger partial charge in [0.2, 0.25) is 5.91 Å². The summed E-state index contributed by atoms with van der Waals surface area (Å²) in [6, 6.07) is -0.808. The summed E-state index contributed by atoms with van der Waals surface area (Å²) in [6.45, 7) is 3.68. The van der Waals surface area contributed by atoms with Gasteiger partial charge in [0.05, 0.1) is 25.4 Å². The highest BCUT2D eigenvalue weighted by molar-refractivity contribution is 5.76. The molecular weight excluding hydrogens is 1010 g/mol. The molecule has 0 saturated carbocycles. The lowest BCUT2D eigenvalue weighted by molar-refractivity contribution is -0.302. The van der Waals surface area contributed by atoms with Crippen molar-refractivity contribution < 1.29 is 39.8 Å². The number of hydrogen-bond donors (Lipinski definition) is 6. The maximum atomic E-state index is 13.1. The predicted octanol–water partition coefficient (Wildman–Crippen LogP) is 18.3. The summed E-state index contributed by atoms with van der Waals surface area (Å²) >= 11 is 0. The average molecular weight is 1130 g/mol. The van der Waals surface area contributed by atoms with Crippen LogP contribution in [0.25, 0.3) is 0 Å². The Bertz CT molecular complexity index is 1600. The van der Waals surface area contributed by atoms with E-state index >= 15 is 0 Å². The van der Waals surface area contributed by atoms with Gasteiger partial charge in [0.15, 0.2) is 6.29 Å². The first-order valence-electron chi connectivity index (χ1n) is 34.0. The molecule has 0 aromatic rings. The third-order valence-electron chi connectivity index (χ3n) is 15.7. The predicted molar refractivity (Wildman–Crippen MR) is 345 cm³/mol. The summed E-state index contributed by atoms with van der Waals surface area (Å²) in [5.41, 5.74) is 0. The van der Waals surface area contributed by atoms with Crippen LogP contribution in [0, 0.1) is 0 Å². The minimum absolute atomic E-state index is 0.175. The number of rotatable bonds is 58. The van der Waals surface area contributed by atoms with Crippen LogP contribution >= 0.6 is 0 Å². The maximum absolute atomic E-state index is 13.1. The number of ether oxygens (including phenoxy) is 2. The minimum Gasteiger partial charge on any atom is -0.394 e. The fraction of sp³-hybridized carbons (Fsp3) is 0.764. The normalized spacial score (nSPS) is 19.0. The zero-order valence-corrected chi connectivity index (χ0v) is 52.3. The molecule has 81 heavy (non-hydrogen) atoms. The minimum atomic E-state index is -1.57. The van der Waals surface area contributed by atoms with E-state index in [2.05, 4.69) is 104 Å². The monoisotopic (exact) mass is 1130 g/mol. The van der Waals surface area contributed by atoms with Gasteiger partial charge >= 0.3 is 0 Å². The van der Waals surface area contributed by atoms with Crippen LogP contribution in [0.5, 0.6) is 0 Å². The SMILES string of the molecule is CC/C=C\C/C=C\C/C=C\C/C=C\C/C=C\C/C=C\C/C=C\CCCCCCCCCCCCCCCCCCCCCC(=O)NC(COC1OC(CO)C(O)C(O)C1O)C(O)/C=C/CCCCCCCCCCCCCCCCC. The van der Waals surface area contributed by atoms with E-state index in [4.69, 9.17) is 9.47 Å². The zero-order chi connectivity index (χ0) is 58.6. The Morgan fingerprint density at radius 2 is 0.765 bits per heavy atom. The van der Waals surface area contributed by atoms with Gasteiger partial charge in [-0.15, -0.1) is 0 Å². The summed E-state index contributed by atoms with van der Waals surface area (Å²) in [5, 5.41) is 54.6. The summed E-state index contributed by atoms with van der Waals surface area (Å²) in [4.78, 5) is 13.1. The maximum Gasteiger partial charge on any atom is 0.220 e. The quantitative estimate of drug-likeness (QED) is 0.0261. The van der Waals surface area contributed by atoms with Crippen LogP contribution < -0.4 is 5.32 Å². The lowest BCUT2D eigenvalue weighted by Crippen LogP contribution is -2.60. The number of nitrogens with one attached hydrogen (secondary N) is 1. The Balaban J connectivity index is 2.07. The number of aliphatic hydroxyl groups is 5. The Labute approximate surface area is 498 Å². The molecule has 0 aromatic heterocycles. The van der Waals surface area contributed by atoms with Crippen molar-refractivity contribution in [1.29, 1.82) is 0 Å². The van der Waals surface area contributed by atoms with Crippen LogP contribution in [0.1, 0.15) is 296 Å². The Morgan fingerprint density at radius 1 is 0.432 bits per heavy atom. The van der Waals surface area contributed by atoms with Gasteiger partial charge in [-0.1, -0.05) is 310 Å².